The predicted molar refractivity (Wildman–Crippen MR) is 133 cm³/mol. The van der Waals surface area contributed by atoms with Crippen LogP contribution in [0.2, 0.25) is 0 Å². The number of rotatable bonds is 4. The number of nitro groups is 1. The van der Waals surface area contributed by atoms with Gasteiger partial charge in [0.25, 0.3) is 5.69 Å². The minimum absolute atomic E-state index is 0.0338. The maximum absolute atomic E-state index is 14.6. The third-order valence-corrected chi connectivity index (χ3v) is 8.31. The fourth-order valence-electron chi connectivity index (χ4n) is 6.97. The number of para-hydroxylation sites is 1. The van der Waals surface area contributed by atoms with Crippen LogP contribution >= 0.6 is 0 Å². The first-order valence-electron chi connectivity index (χ1n) is 12.4. The molecule has 1 spiro atoms. The molecule has 7 rings (SSSR count). The Morgan fingerprint density at radius 2 is 1.89 bits per heavy atom. The van der Waals surface area contributed by atoms with Gasteiger partial charge in [-0.15, -0.1) is 0 Å². The van der Waals surface area contributed by atoms with Gasteiger partial charge in [0.05, 0.1) is 10.8 Å². The molecule has 0 bridgehead atoms. The van der Waals surface area contributed by atoms with Crippen molar-refractivity contribution in [2.75, 3.05) is 18.7 Å². The predicted octanol–water partition coefficient (Wildman–Crippen LogP) is 4.23. The summed E-state index contributed by atoms with van der Waals surface area (Å²) in [5, 5.41) is 14.7. The summed E-state index contributed by atoms with van der Waals surface area (Å²) in [5.74, 6) is -0.594. The van der Waals surface area contributed by atoms with E-state index >= 15 is 0 Å². The maximum Gasteiger partial charge on any atom is 0.269 e. The summed E-state index contributed by atoms with van der Waals surface area (Å²) in [5.41, 5.74) is 1.33. The number of carbonyl (C=O) groups is 2. The van der Waals surface area contributed by atoms with Gasteiger partial charge in [0, 0.05) is 40.9 Å². The second-order valence-electron chi connectivity index (χ2n) is 9.96. The van der Waals surface area contributed by atoms with Crippen molar-refractivity contribution in [3.05, 3.63) is 93.5 Å². The molecule has 0 aliphatic carbocycles. The zero-order chi connectivity index (χ0) is 25.3. The van der Waals surface area contributed by atoms with Gasteiger partial charge in [0.2, 0.25) is 12.7 Å². The van der Waals surface area contributed by atoms with E-state index < -0.39 is 22.3 Å². The average molecular weight is 498 g/mol. The summed E-state index contributed by atoms with van der Waals surface area (Å²) in [6.07, 6.45) is 1.66. The fourth-order valence-corrected chi connectivity index (χ4v) is 6.97. The van der Waals surface area contributed by atoms with Crippen molar-refractivity contribution in [3.63, 3.8) is 0 Å². The second kappa shape index (κ2) is 7.88. The molecular weight excluding hydrogens is 474 g/mol. The number of hydrogen-bond donors (Lipinski definition) is 1. The quantitative estimate of drug-likeness (QED) is 0.326. The largest absolute Gasteiger partial charge is 0.454 e. The molecule has 3 aromatic rings. The van der Waals surface area contributed by atoms with Gasteiger partial charge in [-0.1, -0.05) is 30.3 Å². The van der Waals surface area contributed by atoms with E-state index in [4.69, 9.17) is 9.47 Å². The summed E-state index contributed by atoms with van der Waals surface area (Å²) in [6.45, 7) is 0.741. The van der Waals surface area contributed by atoms with Crippen LogP contribution in [0.4, 0.5) is 11.4 Å². The monoisotopic (exact) mass is 497 g/mol. The molecule has 0 radical (unpaired) electrons. The van der Waals surface area contributed by atoms with Gasteiger partial charge in [0.15, 0.2) is 17.3 Å². The Hall–Kier alpha value is -4.24. The molecule has 186 valence electrons. The number of Topliss-reactive ketones (excluding diaryl/α,β-unsaturated/α-hetero) is 1. The highest BCUT2D eigenvalue weighted by molar-refractivity contribution is 6.12. The summed E-state index contributed by atoms with van der Waals surface area (Å²) in [4.78, 5) is 42.0. The molecule has 9 heteroatoms. The molecule has 3 aromatic carbocycles. The number of nitrogens with zero attached hydrogens (tertiary/aromatic N) is 2. The van der Waals surface area contributed by atoms with Crippen molar-refractivity contribution in [2.45, 2.75) is 30.3 Å². The number of fused-ring (bicyclic) bond motifs is 5. The van der Waals surface area contributed by atoms with Crippen molar-refractivity contribution in [2.24, 2.45) is 5.92 Å². The van der Waals surface area contributed by atoms with E-state index in [0.29, 0.717) is 34.9 Å². The first-order valence-corrected chi connectivity index (χ1v) is 12.4. The van der Waals surface area contributed by atoms with E-state index in [1.807, 2.05) is 30.3 Å². The Balaban J connectivity index is 1.46. The van der Waals surface area contributed by atoms with E-state index in [1.165, 1.54) is 6.07 Å². The highest BCUT2D eigenvalue weighted by Gasteiger charge is 2.69. The smallest absolute Gasteiger partial charge is 0.269 e. The maximum atomic E-state index is 14.6. The molecule has 0 saturated carbocycles. The number of benzene rings is 3. The summed E-state index contributed by atoms with van der Waals surface area (Å²) in [7, 11) is 0. The minimum Gasteiger partial charge on any atom is -0.454 e. The van der Waals surface area contributed by atoms with Crippen LogP contribution in [-0.4, -0.2) is 40.9 Å². The molecule has 2 fully saturated rings. The van der Waals surface area contributed by atoms with Gasteiger partial charge in [-0.3, -0.25) is 24.6 Å². The van der Waals surface area contributed by atoms with Gasteiger partial charge in [0.1, 0.15) is 5.54 Å². The molecule has 1 amide bonds. The Kier molecular flexibility index (Phi) is 4.68. The molecular formula is C28H23N3O6. The van der Waals surface area contributed by atoms with Crippen LogP contribution in [0.15, 0.2) is 66.7 Å². The zero-order valence-electron chi connectivity index (χ0n) is 19.8. The topological polar surface area (TPSA) is 111 Å². The van der Waals surface area contributed by atoms with Crippen molar-refractivity contribution in [1.82, 2.24) is 4.90 Å². The van der Waals surface area contributed by atoms with E-state index in [2.05, 4.69) is 10.2 Å². The molecule has 9 nitrogen and oxygen atoms in total. The Morgan fingerprint density at radius 3 is 2.76 bits per heavy atom. The number of amides is 1. The number of non-ortho nitro benzene ring substituents is 1. The van der Waals surface area contributed by atoms with Gasteiger partial charge in [-0.05, 0) is 49.2 Å². The molecule has 4 atom stereocenters. The minimum atomic E-state index is -1.22. The van der Waals surface area contributed by atoms with Gasteiger partial charge in [-0.2, -0.15) is 0 Å². The Bertz CT molecular complexity index is 1490. The first kappa shape index (κ1) is 22.0. The molecule has 0 unspecified atom stereocenters. The van der Waals surface area contributed by atoms with E-state index in [1.54, 1.807) is 30.3 Å². The lowest BCUT2D eigenvalue weighted by atomic mass is 9.68. The van der Waals surface area contributed by atoms with Gasteiger partial charge in [-0.25, -0.2) is 0 Å². The highest BCUT2D eigenvalue weighted by atomic mass is 16.7. The molecule has 2 saturated heterocycles. The SMILES string of the molecule is O=C(c1ccc2c(c1)OCO2)[C@@H]1[C@H](c2cccc([N+](=O)[O-])c2)[C@@H]2CCCN2[C@@]12C(=O)Nc1ccccc12. The summed E-state index contributed by atoms with van der Waals surface area (Å²) < 4.78 is 11.0. The molecule has 37 heavy (non-hydrogen) atoms. The summed E-state index contributed by atoms with van der Waals surface area (Å²) in [6, 6.07) is 19.0. The zero-order valence-corrected chi connectivity index (χ0v) is 19.8. The number of nitro benzene ring substituents is 1. The Morgan fingerprint density at radius 1 is 1.05 bits per heavy atom. The number of anilines is 1. The molecule has 1 N–H and O–H groups in total. The van der Waals surface area contributed by atoms with Crippen LogP contribution in [0.5, 0.6) is 11.5 Å². The van der Waals surface area contributed by atoms with Crippen molar-refractivity contribution < 1.29 is 24.0 Å². The van der Waals surface area contributed by atoms with Crippen molar-refractivity contribution in [1.29, 1.82) is 0 Å². The average Bonchev–Trinajstić information content (AvgIpc) is 3.67. The number of hydrogen-bond acceptors (Lipinski definition) is 7. The number of ether oxygens (including phenoxy) is 2. The Labute approximate surface area is 212 Å². The van der Waals surface area contributed by atoms with E-state index in [0.717, 1.165) is 18.4 Å². The van der Waals surface area contributed by atoms with Crippen LogP contribution in [0.25, 0.3) is 0 Å². The van der Waals surface area contributed by atoms with E-state index in [-0.39, 0.29) is 30.2 Å². The van der Waals surface area contributed by atoms with Crippen LogP contribution in [0.1, 0.15) is 40.2 Å². The molecule has 0 aromatic heterocycles. The molecule has 4 aliphatic heterocycles. The van der Waals surface area contributed by atoms with Gasteiger partial charge >= 0.3 is 0 Å². The highest BCUT2D eigenvalue weighted by Crippen LogP contribution is 2.61. The van der Waals surface area contributed by atoms with E-state index in [9.17, 15) is 19.7 Å². The van der Waals surface area contributed by atoms with Crippen LogP contribution in [0, 0.1) is 16.0 Å². The van der Waals surface area contributed by atoms with Crippen molar-refractivity contribution in [3.8, 4) is 11.5 Å². The first-order chi connectivity index (χ1) is 18.0. The third kappa shape index (κ3) is 2.94. The van der Waals surface area contributed by atoms with Crippen LogP contribution in [0.3, 0.4) is 0 Å². The van der Waals surface area contributed by atoms with Gasteiger partial charge < -0.3 is 14.8 Å². The molecule has 4 heterocycles. The van der Waals surface area contributed by atoms with Crippen LogP contribution < -0.4 is 14.8 Å². The lowest BCUT2D eigenvalue weighted by Gasteiger charge is -2.36. The number of nitrogens with one attached hydrogen (secondary N) is 1. The fraction of sp³-hybridized carbons (Fsp3) is 0.286. The second-order valence-corrected chi connectivity index (χ2v) is 9.96. The third-order valence-electron chi connectivity index (χ3n) is 8.31. The van der Waals surface area contributed by atoms with Crippen molar-refractivity contribution >= 4 is 23.1 Å². The standard InChI is InChI=1S/C28H23N3O6/c32-26(17-10-11-22-23(14-17)37-15-36-22)25-24(16-5-3-6-18(13-16)31(34)35)21-9-4-12-30(21)28(25)19-7-1-2-8-20(19)29-27(28)33/h1-3,5-8,10-11,13-14,21,24-25H,4,9,12,15H2,(H,29,33)/t21-,24+,25-,28+/m0/s1. The summed E-state index contributed by atoms with van der Waals surface area (Å²) >= 11 is 0. The number of carbonyl (C=O) groups excluding carboxylic acids is 2. The number of ketones is 1. The lowest BCUT2D eigenvalue weighted by Crippen LogP contribution is -2.52. The normalized spacial score (nSPS) is 27.2. The van der Waals surface area contributed by atoms with Crippen LogP contribution in [-0.2, 0) is 10.3 Å². The molecule has 4 aliphatic rings. The lowest BCUT2D eigenvalue weighted by molar-refractivity contribution is -0.384.